The number of benzene rings is 2. The molecule has 1 atom stereocenters. The van der Waals surface area contributed by atoms with Crippen LogP contribution in [0.4, 0.5) is 0 Å². The number of nitrogens with zero attached hydrogens (tertiary/aromatic N) is 3. The van der Waals surface area contributed by atoms with Gasteiger partial charge in [-0.25, -0.2) is 17.4 Å². The Hall–Kier alpha value is -2.70. The number of carbonyl (C=O) groups excluding carboxylic acids is 2. The number of imidazole rings is 1. The molecule has 0 aliphatic heterocycles. The second kappa shape index (κ2) is 16.2. The molecule has 0 fully saturated rings. The van der Waals surface area contributed by atoms with Crippen molar-refractivity contribution in [3.8, 4) is 23.0 Å². The molecule has 4 rings (SSSR count). The summed E-state index contributed by atoms with van der Waals surface area (Å²) in [5.74, 6) is -3.13. The number of aryl methyl sites for hydroxylation is 1. The first kappa shape index (κ1) is 38.5. The van der Waals surface area contributed by atoms with E-state index in [9.17, 15) is 32.4 Å². The minimum Gasteiger partial charge on any atom is -0.546 e. The van der Waals surface area contributed by atoms with E-state index in [2.05, 4.69) is 9.97 Å². The minimum atomic E-state index is -4.60. The number of fused-ring (bicyclic) bond motifs is 1. The van der Waals surface area contributed by atoms with E-state index in [0.717, 1.165) is 27.7 Å². The first-order valence-electron chi connectivity index (χ1n) is 12.4. The average Bonchev–Trinajstić information content (AvgIpc) is 3.36. The average molecular weight is 678 g/mol. The van der Waals surface area contributed by atoms with E-state index in [1.54, 1.807) is 20.0 Å². The summed E-state index contributed by atoms with van der Waals surface area (Å²) >= 11 is 0. The van der Waals surface area contributed by atoms with Crippen LogP contribution in [0.3, 0.4) is 0 Å². The van der Waals surface area contributed by atoms with Gasteiger partial charge in [-0.3, -0.25) is 9.19 Å². The number of ether oxygens (including phenoxy) is 4. The summed E-state index contributed by atoms with van der Waals surface area (Å²) in [5.41, 5.74) is 2.04. The van der Waals surface area contributed by atoms with Crippen LogP contribution in [0.15, 0.2) is 52.6 Å². The number of aliphatic carboxylic acids is 2. The number of hydrogen-bond acceptors (Lipinski definition) is 13. The third-order valence-electron chi connectivity index (χ3n) is 6.16. The molecule has 2 aromatic carbocycles. The number of rotatable bonds is 13. The van der Waals surface area contributed by atoms with E-state index in [4.69, 9.17) is 18.9 Å². The first-order valence-corrected chi connectivity index (χ1v) is 15.1. The van der Waals surface area contributed by atoms with E-state index in [-0.39, 0.29) is 86.8 Å². The zero-order chi connectivity index (χ0) is 31.5. The second-order valence-electron chi connectivity index (χ2n) is 8.98. The normalized spacial score (nSPS) is 11.6. The van der Waals surface area contributed by atoms with Crippen LogP contribution in [0.2, 0.25) is 0 Å². The predicted octanol–water partition coefficient (Wildman–Crippen LogP) is -6.12. The van der Waals surface area contributed by atoms with Crippen LogP contribution in [0.5, 0.6) is 23.0 Å². The molecular weight excluding hydrogens is 652 g/mol. The van der Waals surface area contributed by atoms with Gasteiger partial charge in [-0.05, 0) is 38.1 Å². The van der Waals surface area contributed by atoms with Crippen LogP contribution < -0.4 is 88.3 Å². The molecule has 0 amide bonds. The molecule has 2 heterocycles. The van der Waals surface area contributed by atoms with E-state index < -0.39 is 56.6 Å². The molecule has 0 bridgehead atoms. The number of hydrogen-bond donors (Lipinski definition) is 0. The monoisotopic (exact) mass is 677 g/mol. The summed E-state index contributed by atoms with van der Waals surface area (Å²) in [6, 6.07) is 7.54. The summed E-state index contributed by atoms with van der Waals surface area (Å²) < 4.78 is 63.7. The number of methoxy groups -OCH3 is 2. The molecule has 0 saturated heterocycles. The Morgan fingerprint density at radius 2 is 1.58 bits per heavy atom. The maximum Gasteiger partial charge on any atom is 1.00 e. The molecule has 45 heavy (non-hydrogen) atoms. The smallest absolute Gasteiger partial charge is 0.546 e. The molecule has 0 saturated carbocycles. The van der Waals surface area contributed by atoms with Gasteiger partial charge in [-0.1, -0.05) is 0 Å². The Bertz CT molecular complexity index is 1860. The van der Waals surface area contributed by atoms with Crippen molar-refractivity contribution in [2.24, 2.45) is 0 Å². The van der Waals surface area contributed by atoms with Crippen molar-refractivity contribution >= 4 is 43.8 Å². The number of carboxylic acid groups (broad SMARTS) is 2. The fraction of sp³-hybridized carbons (Fsp3) is 0.259. The molecule has 4 aromatic rings. The van der Waals surface area contributed by atoms with Crippen LogP contribution in [0.25, 0.3) is 11.0 Å². The van der Waals surface area contributed by atoms with E-state index >= 15 is 0 Å². The zero-order valence-electron chi connectivity index (χ0n) is 25.3. The number of aromatic nitrogens is 3. The van der Waals surface area contributed by atoms with Crippen molar-refractivity contribution in [1.82, 2.24) is 13.9 Å². The van der Waals surface area contributed by atoms with Gasteiger partial charge in [0, 0.05) is 29.5 Å². The van der Waals surface area contributed by atoms with Gasteiger partial charge in [-0.2, -0.15) is 0 Å². The summed E-state index contributed by atoms with van der Waals surface area (Å²) in [5, 5.41) is 21.6. The summed E-state index contributed by atoms with van der Waals surface area (Å²) in [4.78, 5) is 30.2. The summed E-state index contributed by atoms with van der Waals surface area (Å²) in [6.45, 7) is 1.65. The maximum atomic E-state index is 14.1. The zero-order valence-corrected chi connectivity index (χ0v) is 30.9. The molecule has 228 valence electrons. The Morgan fingerprint density at radius 3 is 2.18 bits per heavy atom. The van der Waals surface area contributed by atoms with Gasteiger partial charge >= 0.3 is 59.1 Å². The van der Waals surface area contributed by atoms with Crippen molar-refractivity contribution in [2.75, 3.05) is 27.4 Å². The molecule has 0 N–H and O–H groups in total. The van der Waals surface area contributed by atoms with Crippen LogP contribution in [-0.4, -0.2) is 65.9 Å². The molecule has 0 aliphatic carbocycles. The van der Waals surface area contributed by atoms with Gasteiger partial charge in [0.15, 0.2) is 11.5 Å². The Balaban J connectivity index is 0.00000353. The second-order valence-corrected chi connectivity index (χ2v) is 12.1. The van der Waals surface area contributed by atoms with E-state index in [1.807, 2.05) is 0 Å². The fourth-order valence-electron chi connectivity index (χ4n) is 4.18. The van der Waals surface area contributed by atoms with Crippen molar-refractivity contribution in [3.63, 3.8) is 0 Å². The number of carboxylic acids is 2. The van der Waals surface area contributed by atoms with Crippen molar-refractivity contribution in [3.05, 3.63) is 59.4 Å². The van der Waals surface area contributed by atoms with Crippen LogP contribution in [0, 0.1) is 13.8 Å². The van der Waals surface area contributed by atoms with Gasteiger partial charge in [-0.15, -0.1) is 0 Å². The number of carbonyl (C=O) groups is 2. The predicted molar refractivity (Wildman–Crippen MR) is 147 cm³/mol. The molecule has 14 nitrogen and oxygen atoms in total. The van der Waals surface area contributed by atoms with Crippen LogP contribution in [0.1, 0.15) is 16.8 Å². The van der Waals surface area contributed by atoms with E-state index in [0.29, 0.717) is 22.8 Å². The van der Waals surface area contributed by atoms with Gasteiger partial charge in [0.25, 0.3) is 10.0 Å². The van der Waals surface area contributed by atoms with Crippen molar-refractivity contribution in [1.29, 1.82) is 0 Å². The SMILES string of the molecule is COc1ccc2c(c1)nc(S(=O)Cc1ncc(C)c(OC)c1C)n2S(=O)(=O)c1ccc(OCC(=O)[O-])c(OCC(=O)[O-])c1.[Na+].[Na+]. The third-order valence-corrected chi connectivity index (χ3v) is 9.19. The summed E-state index contributed by atoms with van der Waals surface area (Å²) in [7, 11) is -3.75. The quantitative estimate of drug-likeness (QED) is 0.121. The van der Waals surface area contributed by atoms with E-state index in [1.165, 1.54) is 32.4 Å². The van der Waals surface area contributed by atoms with Crippen LogP contribution in [-0.2, 0) is 36.2 Å². The molecule has 0 radical (unpaired) electrons. The van der Waals surface area contributed by atoms with Gasteiger partial charge in [0.2, 0.25) is 5.16 Å². The maximum absolute atomic E-state index is 14.1. The Labute approximate surface area is 305 Å². The molecule has 0 spiro atoms. The van der Waals surface area contributed by atoms with Crippen molar-refractivity contribution in [2.45, 2.75) is 29.7 Å². The standard InChI is InChI=1S/C27H27N3O11S2.2Na/c1-15-11-28-20(16(2)26(15)39-4)14-42(35)27-29-19-9-17(38-3)5-7-21(19)30(27)43(36,37)18-6-8-22(40-12-24(31)32)23(10-18)41-13-25(33)34;;/h5-11H,12-14H2,1-4H3,(H,31,32)(H,33,34);;/q;2*+1/p-2. The Kier molecular flexibility index (Phi) is 13.9. The molecule has 2 aromatic heterocycles. The van der Waals surface area contributed by atoms with Gasteiger partial charge < -0.3 is 38.7 Å². The largest absolute Gasteiger partial charge is 1.00 e. The fourth-order valence-corrected chi connectivity index (χ4v) is 7.25. The topological polar surface area (TPSA) is 199 Å². The Morgan fingerprint density at radius 1 is 0.933 bits per heavy atom. The molecule has 0 aliphatic rings. The molecular formula is C27H25N3Na2O11S2. The van der Waals surface area contributed by atoms with Crippen LogP contribution >= 0.6 is 0 Å². The molecule has 18 heteroatoms. The van der Waals surface area contributed by atoms with Gasteiger partial charge in [0.05, 0.1) is 64.3 Å². The first-order chi connectivity index (χ1) is 20.4. The van der Waals surface area contributed by atoms with Gasteiger partial charge in [0.1, 0.15) is 24.7 Å². The molecule has 1 unspecified atom stereocenters. The number of pyridine rings is 1. The summed E-state index contributed by atoms with van der Waals surface area (Å²) in [6.07, 6.45) is 1.56. The third kappa shape index (κ3) is 8.56. The minimum absolute atomic E-state index is 0. The van der Waals surface area contributed by atoms with Crippen molar-refractivity contribution < 1.29 is 110 Å².